The van der Waals surface area contributed by atoms with Gasteiger partial charge in [-0.15, -0.1) is 0 Å². The Balaban J connectivity index is 1.53. The molecule has 1 heterocycles. The van der Waals surface area contributed by atoms with Crippen LogP contribution in [0, 0.1) is 12.8 Å². The van der Waals surface area contributed by atoms with Crippen molar-refractivity contribution >= 4 is 5.91 Å². The summed E-state index contributed by atoms with van der Waals surface area (Å²) in [6.07, 6.45) is 1.90. The first-order chi connectivity index (χ1) is 13.1. The van der Waals surface area contributed by atoms with Crippen LogP contribution in [0.15, 0.2) is 42.5 Å². The maximum atomic E-state index is 12.8. The van der Waals surface area contributed by atoms with Gasteiger partial charge in [-0.05, 0) is 61.6 Å². The van der Waals surface area contributed by atoms with E-state index in [0.29, 0.717) is 29.6 Å². The molecule has 5 heteroatoms. The highest BCUT2D eigenvalue weighted by molar-refractivity contribution is 5.95. The Bertz CT molecular complexity index is 782. The summed E-state index contributed by atoms with van der Waals surface area (Å²) in [4.78, 5) is 14.7. The summed E-state index contributed by atoms with van der Waals surface area (Å²) >= 11 is 0. The molecule has 0 unspecified atom stereocenters. The quantitative estimate of drug-likeness (QED) is 0.774. The van der Waals surface area contributed by atoms with Gasteiger partial charge in [0.1, 0.15) is 5.75 Å². The number of carbonyl (C=O) groups is 1. The Labute approximate surface area is 160 Å². The standard InChI is InChI=1S/C22H27NO4/c1-16-5-4-6-19(13-16)27-15-17-9-11-23(12-10-17)22(24)18-7-8-20(25-2)21(14-18)26-3/h4-8,13-14,17H,9-12,15H2,1-3H3. The fraction of sp³-hybridized carbons (Fsp3) is 0.409. The molecule has 0 saturated carbocycles. The largest absolute Gasteiger partial charge is 0.493 e. The minimum atomic E-state index is 0.0361. The highest BCUT2D eigenvalue weighted by atomic mass is 16.5. The fourth-order valence-corrected chi connectivity index (χ4v) is 3.37. The van der Waals surface area contributed by atoms with E-state index in [-0.39, 0.29) is 5.91 Å². The number of ether oxygens (including phenoxy) is 3. The summed E-state index contributed by atoms with van der Waals surface area (Å²) in [7, 11) is 3.16. The van der Waals surface area contributed by atoms with E-state index in [4.69, 9.17) is 14.2 Å². The van der Waals surface area contributed by atoms with Gasteiger partial charge in [-0.3, -0.25) is 4.79 Å². The van der Waals surface area contributed by atoms with E-state index >= 15 is 0 Å². The van der Waals surface area contributed by atoms with E-state index in [9.17, 15) is 4.79 Å². The van der Waals surface area contributed by atoms with Crippen LogP contribution >= 0.6 is 0 Å². The molecule has 0 atom stereocenters. The fourth-order valence-electron chi connectivity index (χ4n) is 3.37. The van der Waals surface area contributed by atoms with Crippen molar-refractivity contribution in [1.29, 1.82) is 0 Å². The van der Waals surface area contributed by atoms with Gasteiger partial charge in [0.2, 0.25) is 0 Å². The first-order valence-corrected chi connectivity index (χ1v) is 9.31. The number of amides is 1. The van der Waals surface area contributed by atoms with Gasteiger partial charge in [-0.25, -0.2) is 0 Å². The smallest absolute Gasteiger partial charge is 0.253 e. The Hall–Kier alpha value is -2.69. The molecule has 1 aliphatic rings. The molecule has 0 N–H and O–H groups in total. The third-order valence-corrected chi connectivity index (χ3v) is 5.01. The van der Waals surface area contributed by atoms with Crippen molar-refractivity contribution in [3.8, 4) is 17.2 Å². The van der Waals surface area contributed by atoms with Crippen molar-refractivity contribution in [2.75, 3.05) is 33.9 Å². The van der Waals surface area contributed by atoms with Crippen LogP contribution < -0.4 is 14.2 Å². The molecular weight excluding hydrogens is 342 g/mol. The molecule has 1 aliphatic heterocycles. The Morgan fingerprint density at radius 2 is 1.78 bits per heavy atom. The predicted molar refractivity (Wildman–Crippen MR) is 105 cm³/mol. The van der Waals surface area contributed by atoms with Crippen LogP contribution in [0.25, 0.3) is 0 Å². The van der Waals surface area contributed by atoms with Gasteiger partial charge in [0.05, 0.1) is 20.8 Å². The number of piperidine rings is 1. The molecule has 0 aromatic heterocycles. The van der Waals surface area contributed by atoms with E-state index in [1.165, 1.54) is 5.56 Å². The number of methoxy groups -OCH3 is 2. The zero-order chi connectivity index (χ0) is 19.2. The van der Waals surface area contributed by atoms with E-state index in [1.54, 1.807) is 32.4 Å². The van der Waals surface area contributed by atoms with Crippen molar-refractivity contribution in [2.24, 2.45) is 5.92 Å². The number of benzene rings is 2. The topological polar surface area (TPSA) is 48.0 Å². The van der Waals surface area contributed by atoms with Gasteiger partial charge < -0.3 is 19.1 Å². The maximum absolute atomic E-state index is 12.8. The Morgan fingerprint density at radius 1 is 1.04 bits per heavy atom. The molecule has 0 aliphatic carbocycles. The second kappa shape index (κ2) is 8.80. The molecule has 2 aromatic carbocycles. The summed E-state index contributed by atoms with van der Waals surface area (Å²) in [5, 5.41) is 0. The van der Waals surface area contributed by atoms with E-state index in [0.717, 1.165) is 31.7 Å². The maximum Gasteiger partial charge on any atom is 0.253 e. The van der Waals surface area contributed by atoms with Crippen LogP contribution in [0.3, 0.4) is 0 Å². The lowest BCUT2D eigenvalue weighted by Gasteiger charge is -2.32. The van der Waals surface area contributed by atoms with Crippen molar-refractivity contribution in [3.63, 3.8) is 0 Å². The van der Waals surface area contributed by atoms with Crippen LogP contribution in [0.5, 0.6) is 17.2 Å². The predicted octanol–water partition coefficient (Wildman–Crippen LogP) is 3.94. The third-order valence-electron chi connectivity index (χ3n) is 5.01. The summed E-state index contributed by atoms with van der Waals surface area (Å²) in [6, 6.07) is 13.4. The average Bonchev–Trinajstić information content (AvgIpc) is 2.71. The van der Waals surface area contributed by atoms with Gasteiger partial charge in [0, 0.05) is 18.7 Å². The third kappa shape index (κ3) is 4.73. The van der Waals surface area contributed by atoms with Crippen molar-refractivity contribution in [1.82, 2.24) is 4.90 Å². The van der Waals surface area contributed by atoms with Gasteiger partial charge in [0.25, 0.3) is 5.91 Å². The number of aryl methyl sites for hydroxylation is 1. The number of likely N-dealkylation sites (tertiary alicyclic amines) is 1. The Morgan fingerprint density at radius 3 is 2.44 bits per heavy atom. The summed E-state index contributed by atoms with van der Waals surface area (Å²) in [5.74, 6) is 2.62. The lowest BCUT2D eigenvalue weighted by atomic mass is 9.97. The summed E-state index contributed by atoms with van der Waals surface area (Å²) < 4.78 is 16.5. The summed E-state index contributed by atoms with van der Waals surface area (Å²) in [5.41, 5.74) is 1.82. The summed E-state index contributed by atoms with van der Waals surface area (Å²) in [6.45, 7) is 4.25. The van der Waals surface area contributed by atoms with E-state index < -0.39 is 0 Å². The first-order valence-electron chi connectivity index (χ1n) is 9.31. The second-order valence-corrected chi connectivity index (χ2v) is 6.93. The lowest BCUT2D eigenvalue weighted by molar-refractivity contribution is 0.0660. The van der Waals surface area contributed by atoms with Crippen LogP contribution in [0.2, 0.25) is 0 Å². The SMILES string of the molecule is COc1ccc(C(=O)N2CCC(COc3cccc(C)c3)CC2)cc1OC. The number of hydrogen-bond donors (Lipinski definition) is 0. The highest BCUT2D eigenvalue weighted by Gasteiger charge is 2.24. The minimum absolute atomic E-state index is 0.0361. The first kappa shape index (κ1) is 19.1. The molecule has 0 spiro atoms. The highest BCUT2D eigenvalue weighted by Crippen LogP contribution is 2.29. The molecule has 0 radical (unpaired) electrons. The molecule has 2 aromatic rings. The van der Waals surface area contributed by atoms with Crippen molar-refractivity contribution < 1.29 is 19.0 Å². The number of hydrogen-bond acceptors (Lipinski definition) is 4. The molecule has 1 fully saturated rings. The monoisotopic (exact) mass is 369 g/mol. The molecule has 27 heavy (non-hydrogen) atoms. The molecule has 144 valence electrons. The van der Waals surface area contributed by atoms with Crippen LogP contribution in [0.1, 0.15) is 28.8 Å². The molecule has 0 bridgehead atoms. The molecule has 5 nitrogen and oxygen atoms in total. The zero-order valence-corrected chi connectivity index (χ0v) is 16.2. The minimum Gasteiger partial charge on any atom is -0.493 e. The van der Waals surface area contributed by atoms with Gasteiger partial charge in [-0.1, -0.05) is 12.1 Å². The Kier molecular flexibility index (Phi) is 6.22. The van der Waals surface area contributed by atoms with Gasteiger partial charge in [0.15, 0.2) is 11.5 Å². The number of nitrogens with zero attached hydrogens (tertiary/aromatic N) is 1. The van der Waals surface area contributed by atoms with E-state index in [1.807, 2.05) is 17.0 Å². The van der Waals surface area contributed by atoms with Crippen LogP contribution in [-0.2, 0) is 0 Å². The molecule has 3 rings (SSSR count). The lowest BCUT2D eigenvalue weighted by Crippen LogP contribution is -2.39. The van der Waals surface area contributed by atoms with Gasteiger partial charge in [-0.2, -0.15) is 0 Å². The number of rotatable bonds is 6. The second-order valence-electron chi connectivity index (χ2n) is 6.93. The molecule has 1 saturated heterocycles. The zero-order valence-electron chi connectivity index (χ0n) is 16.2. The average molecular weight is 369 g/mol. The van der Waals surface area contributed by atoms with Crippen LogP contribution in [-0.4, -0.2) is 44.7 Å². The van der Waals surface area contributed by atoms with E-state index in [2.05, 4.69) is 19.1 Å². The van der Waals surface area contributed by atoms with Crippen molar-refractivity contribution in [3.05, 3.63) is 53.6 Å². The van der Waals surface area contributed by atoms with Crippen molar-refractivity contribution in [2.45, 2.75) is 19.8 Å². The molecule has 1 amide bonds. The molecular formula is C22H27NO4. The van der Waals surface area contributed by atoms with Gasteiger partial charge >= 0.3 is 0 Å². The number of carbonyl (C=O) groups excluding carboxylic acids is 1. The normalized spacial score (nSPS) is 14.7. The van der Waals surface area contributed by atoms with Crippen LogP contribution in [0.4, 0.5) is 0 Å².